The standard InChI is InChI=1S/C17H20FN3O/c1-12-9-13(2)21(19-12)11-17(22)20-8-7-15(10-20)14-3-5-16(18)6-4-14/h3-6,9,15H,7-8,10-11H2,1-2H3/t15-/m0/s1. The van der Waals surface area contributed by atoms with E-state index in [0.29, 0.717) is 12.5 Å². The number of aromatic nitrogens is 2. The Hall–Kier alpha value is -2.17. The lowest BCUT2D eigenvalue weighted by molar-refractivity contribution is -0.131. The van der Waals surface area contributed by atoms with Crippen molar-refractivity contribution in [3.63, 3.8) is 0 Å². The molecular weight excluding hydrogens is 281 g/mol. The van der Waals surface area contributed by atoms with Crippen LogP contribution in [0.5, 0.6) is 0 Å². The van der Waals surface area contributed by atoms with Gasteiger partial charge in [-0.3, -0.25) is 9.48 Å². The molecular formula is C17H20FN3O. The Morgan fingerprint density at radius 1 is 1.32 bits per heavy atom. The molecule has 4 nitrogen and oxygen atoms in total. The van der Waals surface area contributed by atoms with Crippen molar-refractivity contribution in [3.05, 3.63) is 53.1 Å². The van der Waals surface area contributed by atoms with Crippen molar-refractivity contribution in [3.8, 4) is 0 Å². The molecule has 0 N–H and O–H groups in total. The minimum atomic E-state index is -0.223. The number of nitrogens with zero attached hydrogens (tertiary/aromatic N) is 3. The third kappa shape index (κ3) is 3.03. The fourth-order valence-corrected chi connectivity index (χ4v) is 3.06. The third-order valence-corrected chi connectivity index (χ3v) is 4.27. The molecule has 1 aromatic heterocycles. The van der Waals surface area contributed by atoms with E-state index >= 15 is 0 Å². The van der Waals surface area contributed by atoms with Crippen molar-refractivity contribution in [2.75, 3.05) is 13.1 Å². The monoisotopic (exact) mass is 301 g/mol. The van der Waals surface area contributed by atoms with Crippen LogP contribution in [0.25, 0.3) is 0 Å². The van der Waals surface area contributed by atoms with Gasteiger partial charge in [-0.2, -0.15) is 5.10 Å². The maximum absolute atomic E-state index is 13.0. The molecule has 1 amide bonds. The zero-order valence-electron chi connectivity index (χ0n) is 12.9. The Balaban J connectivity index is 1.63. The molecule has 116 valence electrons. The van der Waals surface area contributed by atoms with E-state index in [2.05, 4.69) is 5.10 Å². The van der Waals surface area contributed by atoms with E-state index < -0.39 is 0 Å². The van der Waals surface area contributed by atoms with Crippen molar-refractivity contribution < 1.29 is 9.18 Å². The molecule has 1 fully saturated rings. The smallest absolute Gasteiger partial charge is 0.244 e. The summed E-state index contributed by atoms with van der Waals surface area (Å²) in [6, 6.07) is 8.56. The van der Waals surface area contributed by atoms with E-state index in [9.17, 15) is 9.18 Å². The Bertz CT molecular complexity index is 678. The normalized spacial score (nSPS) is 18.0. The van der Waals surface area contributed by atoms with Crippen molar-refractivity contribution >= 4 is 5.91 Å². The number of hydrogen-bond acceptors (Lipinski definition) is 2. The number of benzene rings is 1. The zero-order valence-corrected chi connectivity index (χ0v) is 12.9. The van der Waals surface area contributed by atoms with Crippen molar-refractivity contribution in [1.82, 2.24) is 14.7 Å². The highest BCUT2D eigenvalue weighted by molar-refractivity contribution is 5.76. The number of carbonyl (C=O) groups excluding carboxylic acids is 1. The van der Waals surface area contributed by atoms with Crippen LogP contribution in [0.4, 0.5) is 4.39 Å². The minimum absolute atomic E-state index is 0.0933. The van der Waals surface area contributed by atoms with Gasteiger partial charge in [0.2, 0.25) is 5.91 Å². The van der Waals surface area contributed by atoms with E-state index in [-0.39, 0.29) is 18.3 Å². The first-order chi connectivity index (χ1) is 10.5. The van der Waals surface area contributed by atoms with Gasteiger partial charge in [-0.1, -0.05) is 12.1 Å². The van der Waals surface area contributed by atoms with Crippen LogP contribution >= 0.6 is 0 Å². The average molecular weight is 301 g/mol. The van der Waals surface area contributed by atoms with Crippen LogP contribution in [-0.2, 0) is 11.3 Å². The summed E-state index contributed by atoms with van der Waals surface area (Å²) in [5.74, 6) is 0.167. The summed E-state index contributed by atoms with van der Waals surface area (Å²) in [5, 5.41) is 4.34. The van der Waals surface area contributed by atoms with Crippen LogP contribution < -0.4 is 0 Å². The molecule has 3 rings (SSSR count). The summed E-state index contributed by atoms with van der Waals surface area (Å²) < 4.78 is 14.7. The summed E-state index contributed by atoms with van der Waals surface area (Å²) in [6.07, 6.45) is 0.925. The van der Waals surface area contributed by atoms with Crippen LogP contribution in [0.3, 0.4) is 0 Å². The first-order valence-corrected chi connectivity index (χ1v) is 7.57. The topological polar surface area (TPSA) is 38.1 Å². The third-order valence-electron chi connectivity index (χ3n) is 4.27. The van der Waals surface area contributed by atoms with Gasteiger partial charge in [0.05, 0.1) is 5.69 Å². The van der Waals surface area contributed by atoms with E-state index in [4.69, 9.17) is 0 Å². The van der Waals surface area contributed by atoms with Gasteiger partial charge in [-0.05, 0) is 44.0 Å². The van der Waals surface area contributed by atoms with Gasteiger partial charge in [-0.25, -0.2) is 4.39 Å². The lowest BCUT2D eigenvalue weighted by atomic mass is 9.99. The maximum Gasteiger partial charge on any atom is 0.244 e. The molecule has 0 spiro atoms. The second-order valence-electron chi connectivity index (χ2n) is 5.96. The molecule has 1 aromatic carbocycles. The van der Waals surface area contributed by atoms with Crippen LogP contribution in [-0.4, -0.2) is 33.7 Å². The predicted molar refractivity (Wildman–Crippen MR) is 82.0 cm³/mol. The number of amides is 1. The summed E-state index contributed by atoms with van der Waals surface area (Å²) in [5.41, 5.74) is 3.03. The second kappa shape index (κ2) is 5.91. The maximum atomic E-state index is 13.0. The van der Waals surface area contributed by atoms with E-state index in [1.807, 2.05) is 36.9 Å². The Morgan fingerprint density at radius 2 is 2.05 bits per heavy atom. The SMILES string of the molecule is Cc1cc(C)n(CC(=O)N2CC[C@H](c3ccc(F)cc3)C2)n1. The highest BCUT2D eigenvalue weighted by Crippen LogP contribution is 2.27. The van der Waals surface area contributed by atoms with Gasteiger partial charge >= 0.3 is 0 Å². The molecule has 1 aliphatic heterocycles. The number of halogens is 1. The highest BCUT2D eigenvalue weighted by atomic mass is 19.1. The summed E-state index contributed by atoms with van der Waals surface area (Å²) in [4.78, 5) is 14.3. The van der Waals surface area contributed by atoms with E-state index in [0.717, 1.165) is 29.9 Å². The van der Waals surface area contributed by atoms with Crippen molar-refractivity contribution in [2.24, 2.45) is 0 Å². The molecule has 0 bridgehead atoms. The Morgan fingerprint density at radius 3 is 2.68 bits per heavy atom. The van der Waals surface area contributed by atoms with Crippen LogP contribution in [0, 0.1) is 19.7 Å². The average Bonchev–Trinajstić information content (AvgIpc) is 3.07. The molecule has 2 aromatic rings. The van der Waals surface area contributed by atoms with Gasteiger partial charge in [0.25, 0.3) is 0 Å². The Kier molecular flexibility index (Phi) is 3.96. The van der Waals surface area contributed by atoms with Gasteiger partial charge in [-0.15, -0.1) is 0 Å². The lowest BCUT2D eigenvalue weighted by Crippen LogP contribution is -2.32. The van der Waals surface area contributed by atoms with Gasteiger partial charge in [0, 0.05) is 24.7 Å². The first-order valence-electron chi connectivity index (χ1n) is 7.57. The molecule has 22 heavy (non-hydrogen) atoms. The van der Waals surface area contributed by atoms with Gasteiger partial charge in [0.1, 0.15) is 12.4 Å². The predicted octanol–water partition coefficient (Wildman–Crippen LogP) is 2.66. The number of aryl methyl sites for hydroxylation is 2. The molecule has 0 unspecified atom stereocenters. The Labute approximate surface area is 129 Å². The molecule has 1 aliphatic rings. The molecule has 1 saturated heterocycles. The van der Waals surface area contributed by atoms with Crippen molar-refractivity contribution in [2.45, 2.75) is 32.7 Å². The molecule has 5 heteroatoms. The molecule has 0 radical (unpaired) electrons. The van der Waals surface area contributed by atoms with Gasteiger partial charge < -0.3 is 4.90 Å². The van der Waals surface area contributed by atoms with Gasteiger partial charge in [0.15, 0.2) is 0 Å². The van der Waals surface area contributed by atoms with Crippen LogP contribution in [0.2, 0.25) is 0 Å². The number of hydrogen-bond donors (Lipinski definition) is 0. The molecule has 2 heterocycles. The zero-order chi connectivity index (χ0) is 15.7. The number of likely N-dealkylation sites (tertiary alicyclic amines) is 1. The highest BCUT2D eigenvalue weighted by Gasteiger charge is 2.27. The molecule has 0 aliphatic carbocycles. The second-order valence-corrected chi connectivity index (χ2v) is 5.96. The number of rotatable bonds is 3. The van der Waals surface area contributed by atoms with Crippen molar-refractivity contribution in [1.29, 1.82) is 0 Å². The molecule has 1 atom stereocenters. The first kappa shape index (κ1) is 14.8. The van der Waals surface area contributed by atoms with E-state index in [1.165, 1.54) is 12.1 Å². The van der Waals surface area contributed by atoms with Crippen LogP contribution in [0.15, 0.2) is 30.3 Å². The largest absolute Gasteiger partial charge is 0.340 e. The summed E-state index contributed by atoms with van der Waals surface area (Å²) in [6.45, 7) is 5.62. The van der Waals surface area contributed by atoms with E-state index in [1.54, 1.807) is 4.68 Å². The summed E-state index contributed by atoms with van der Waals surface area (Å²) >= 11 is 0. The minimum Gasteiger partial charge on any atom is -0.340 e. The van der Waals surface area contributed by atoms with Crippen LogP contribution in [0.1, 0.15) is 29.3 Å². The lowest BCUT2D eigenvalue weighted by Gasteiger charge is -2.17. The fraction of sp³-hybridized carbons (Fsp3) is 0.412. The quantitative estimate of drug-likeness (QED) is 0.874. The fourth-order valence-electron chi connectivity index (χ4n) is 3.06. The number of carbonyl (C=O) groups is 1. The summed E-state index contributed by atoms with van der Waals surface area (Å²) in [7, 11) is 0. The molecule has 0 saturated carbocycles.